The zero-order chi connectivity index (χ0) is 18.9. The summed E-state index contributed by atoms with van der Waals surface area (Å²) < 4.78 is 26.7. The first-order valence-electron chi connectivity index (χ1n) is 9.23. The number of carbonyl (C=O) groups excluding carboxylic acids is 2. The van der Waals surface area contributed by atoms with Crippen molar-refractivity contribution in [3.8, 4) is 0 Å². The van der Waals surface area contributed by atoms with E-state index in [0.717, 1.165) is 35.6 Å². The second-order valence-corrected chi connectivity index (χ2v) is 9.34. The fraction of sp³-hybridized carbons (Fsp3) is 0.579. The Balaban J connectivity index is 1.77. The number of benzene rings is 1. The third-order valence-electron chi connectivity index (χ3n) is 5.40. The van der Waals surface area contributed by atoms with Crippen LogP contribution in [-0.4, -0.2) is 36.6 Å². The van der Waals surface area contributed by atoms with E-state index >= 15 is 0 Å². The van der Waals surface area contributed by atoms with Crippen LogP contribution in [0.4, 0.5) is 0 Å². The van der Waals surface area contributed by atoms with Gasteiger partial charge in [-0.25, -0.2) is 12.7 Å². The molecule has 2 aliphatic rings. The molecule has 1 atom stereocenters. The lowest BCUT2D eigenvalue weighted by atomic mass is 9.87. The number of hydrogen-bond donors (Lipinski definition) is 1. The van der Waals surface area contributed by atoms with E-state index in [0.29, 0.717) is 5.92 Å². The first-order chi connectivity index (χ1) is 12.3. The Labute approximate surface area is 155 Å². The number of rotatable bonds is 4. The molecule has 1 aliphatic carbocycles. The van der Waals surface area contributed by atoms with Crippen LogP contribution in [0.5, 0.6) is 0 Å². The first-order valence-corrected chi connectivity index (χ1v) is 10.7. The van der Waals surface area contributed by atoms with Gasteiger partial charge in [0, 0.05) is 12.5 Å². The summed E-state index contributed by atoms with van der Waals surface area (Å²) in [6, 6.07) is 5.45. The Morgan fingerprint density at radius 1 is 1.08 bits per heavy atom. The molecular weight excluding hydrogens is 352 g/mol. The van der Waals surface area contributed by atoms with Crippen LogP contribution in [-0.2, 0) is 19.6 Å². The summed E-state index contributed by atoms with van der Waals surface area (Å²) in [5, 5.41) is 2.97. The Kier molecular flexibility index (Phi) is 5.37. The summed E-state index contributed by atoms with van der Waals surface area (Å²) in [6.45, 7) is 4.06. The number of amides is 2. The van der Waals surface area contributed by atoms with Gasteiger partial charge in [0.05, 0.1) is 4.90 Å². The highest BCUT2D eigenvalue weighted by atomic mass is 32.2. The number of hydrogen-bond acceptors (Lipinski definition) is 4. The van der Waals surface area contributed by atoms with Gasteiger partial charge in [-0.2, -0.15) is 0 Å². The molecule has 0 radical (unpaired) electrons. The average molecular weight is 378 g/mol. The van der Waals surface area contributed by atoms with Gasteiger partial charge < -0.3 is 5.32 Å². The molecule has 1 saturated carbocycles. The summed E-state index contributed by atoms with van der Waals surface area (Å²) in [5.41, 5.74) is 0.928. The Morgan fingerprint density at radius 3 is 2.31 bits per heavy atom. The second-order valence-electron chi connectivity index (χ2n) is 7.53. The van der Waals surface area contributed by atoms with Crippen molar-refractivity contribution < 1.29 is 18.0 Å². The van der Waals surface area contributed by atoms with Crippen LogP contribution in [0.3, 0.4) is 0 Å². The fourth-order valence-corrected chi connectivity index (χ4v) is 5.33. The number of aryl methyl sites for hydroxylation is 1. The van der Waals surface area contributed by atoms with E-state index in [1.54, 1.807) is 12.1 Å². The highest BCUT2D eigenvalue weighted by molar-refractivity contribution is 7.89. The fourth-order valence-electron chi connectivity index (χ4n) is 3.73. The molecule has 1 aliphatic heterocycles. The van der Waals surface area contributed by atoms with Crippen molar-refractivity contribution in [1.29, 1.82) is 0 Å². The number of sulfonamides is 1. The second kappa shape index (κ2) is 7.39. The number of carbonyl (C=O) groups is 2. The van der Waals surface area contributed by atoms with Gasteiger partial charge in [0.1, 0.15) is 6.04 Å². The van der Waals surface area contributed by atoms with E-state index in [4.69, 9.17) is 0 Å². The molecule has 0 aromatic heterocycles. The smallest absolute Gasteiger partial charge is 0.267 e. The lowest BCUT2D eigenvalue weighted by molar-refractivity contribution is -0.131. The zero-order valence-electron chi connectivity index (χ0n) is 15.3. The minimum Gasteiger partial charge on any atom is -0.352 e. The van der Waals surface area contributed by atoms with Gasteiger partial charge in [-0.15, -0.1) is 0 Å². The van der Waals surface area contributed by atoms with E-state index in [2.05, 4.69) is 12.2 Å². The molecule has 3 rings (SSSR count). The van der Waals surface area contributed by atoms with Gasteiger partial charge in [0.2, 0.25) is 11.8 Å². The van der Waals surface area contributed by atoms with E-state index in [1.807, 2.05) is 6.92 Å². The van der Waals surface area contributed by atoms with Gasteiger partial charge >= 0.3 is 0 Å². The molecule has 1 aromatic rings. The quantitative estimate of drug-likeness (QED) is 0.872. The van der Waals surface area contributed by atoms with Gasteiger partial charge in [0.25, 0.3) is 10.0 Å². The van der Waals surface area contributed by atoms with Gasteiger partial charge in [-0.05, 0) is 57.1 Å². The molecule has 6 nitrogen and oxygen atoms in total. The highest BCUT2D eigenvalue weighted by Gasteiger charge is 2.44. The van der Waals surface area contributed by atoms with Crippen molar-refractivity contribution in [3.05, 3.63) is 29.8 Å². The van der Waals surface area contributed by atoms with Crippen molar-refractivity contribution in [2.75, 3.05) is 0 Å². The molecule has 2 amide bonds. The van der Waals surface area contributed by atoms with E-state index < -0.39 is 22.0 Å². The summed E-state index contributed by atoms with van der Waals surface area (Å²) in [5.74, 6) is -0.205. The third-order valence-corrected chi connectivity index (χ3v) is 7.25. The van der Waals surface area contributed by atoms with Gasteiger partial charge in [0.15, 0.2) is 0 Å². The number of nitrogens with zero attached hydrogens (tertiary/aromatic N) is 1. The van der Waals surface area contributed by atoms with E-state index in [9.17, 15) is 18.0 Å². The summed E-state index contributed by atoms with van der Waals surface area (Å²) in [7, 11) is -4.03. The highest BCUT2D eigenvalue weighted by Crippen LogP contribution is 2.29. The molecule has 7 heteroatoms. The van der Waals surface area contributed by atoms with Crippen molar-refractivity contribution in [2.24, 2.45) is 5.92 Å². The monoisotopic (exact) mass is 378 g/mol. The van der Waals surface area contributed by atoms with Crippen LogP contribution in [0.15, 0.2) is 29.2 Å². The molecular formula is C19H26N2O4S. The average Bonchev–Trinajstić information content (AvgIpc) is 3.00. The van der Waals surface area contributed by atoms with Crippen LogP contribution in [0.2, 0.25) is 0 Å². The molecule has 1 saturated heterocycles. The maximum absolute atomic E-state index is 12.9. The van der Waals surface area contributed by atoms with Crippen molar-refractivity contribution >= 4 is 21.8 Å². The standard InChI is InChI=1S/C19H26N2O4S/c1-13-3-7-15(8-4-13)20-19(23)17-11-12-18(22)21(17)26(24,25)16-9-5-14(2)6-10-16/h5-6,9-10,13,15,17H,3-4,7-8,11-12H2,1-2H3,(H,20,23). The van der Waals surface area contributed by atoms with Crippen LogP contribution in [0.25, 0.3) is 0 Å². The molecule has 1 heterocycles. The predicted octanol–water partition coefficient (Wildman–Crippen LogP) is 2.37. The Bertz CT molecular complexity index is 780. The Morgan fingerprint density at radius 2 is 1.69 bits per heavy atom. The van der Waals surface area contributed by atoms with E-state index in [1.165, 1.54) is 12.1 Å². The summed E-state index contributed by atoms with van der Waals surface area (Å²) >= 11 is 0. The zero-order valence-corrected chi connectivity index (χ0v) is 16.1. The normalized spacial score (nSPS) is 26.8. The molecule has 26 heavy (non-hydrogen) atoms. The maximum Gasteiger partial charge on any atom is 0.267 e. The molecule has 1 N–H and O–H groups in total. The lowest BCUT2D eigenvalue weighted by Crippen LogP contribution is -2.50. The van der Waals surface area contributed by atoms with Gasteiger partial charge in [-0.1, -0.05) is 24.6 Å². The molecule has 1 unspecified atom stereocenters. The predicted molar refractivity (Wildman–Crippen MR) is 97.8 cm³/mol. The summed E-state index contributed by atoms with van der Waals surface area (Å²) in [6.07, 6.45) is 4.22. The lowest BCUT2D eigenvalue weighted by Gasteiger charge is -2.30. The molecule has 2 fully saturated rings. The maximum atomic E-state index is 12.9. The van der Waals surface area contributed by atoms with E-state index in [-0.39, 0.29) is 29.7 Å². The first kappa shape index (κ1) is 18.9. The van der Waals surface area contributed by atoms with Crippen LogP contribution < -0.4 is 5.32 Å². The minimum absolute atomic E-state index is 0.0441. The SMILES string of the molecule is Cc1ccc(S(=O)(=O)N2C(=O)CCC2C(=O)NC2CCC(C)CC2)cc1. The molecule has 142 valence electrons. The third kappa shape index (κ3) is 3.77. The molecule has 0 spiro atoms. The van der Waals surface area contributed by atoms with Gasteiger partial charge in [-0.3, -0.25) is 9.59 Å². The van der Waals surface area contributed by atoms with Crippen molar-refractivity contribution in [2.45, 2.75) is 69.4 Å². The van der Waals surface area contributed by atoms with Crippen LogP contribution >= 0.6 is 0 Å². The molecule has 1 aromatic carbocycles. The summed E-state index contributed by atoms with van der Waals surface area (Å²) in [4.78, 5) is 25.0. The Hall–Kier alpha value is -1.89. The van der Waals surface area contributed by atoms with Crippen LogP contribution in [0, 0.1) is 12.8 Å². The topological polar surface area (TPSA) is 83.6 Å². The number of nitrogens with one attached hydrogen (secondary N) is 1. The largest absolute Gasteiger partial charge is 0.352 e. The minimum atomic E-state index is -4.03. The van der Waals surface area contributed by atoms with Crippen molar-refractivity contribution in [3.63, 3.8) is 0 Å². The molecule has 0 bridgehead atoms. The van der Waals surface area contributed by atoms with Crippen LogP contribution in [0.1, 0.15) is 51.0 Å². The van der Waals surface area contributed by atoms with Crippen molar-refractivity contribution in [1.82, 2.24) is 9.62 Å².